The normalized spacial score (nSPS) is 11.7. The molecule has 2 aromatic heterocycles. The molecule has 0 aliphatic carbocycles. The number of benzene rings is 3. The molecule has 0 radical (unpaired) electrons. The monoisotopic (exact) mass is 493 g/mol. The molecule has 0 fully saturated rings. The number of halogens is 3. The predicted octanol–water partition coefficient (Wildman–Crippen LogP) is 4.80. The summed E-state index contributed by atoms with van der Waals surface area (Å²) in [6, 6.07) is 18.6. The van der Waals surface area contributed by atoms with Crippen molar-refractivity contribution >= 4 is 28.3 Å². The summed E-state index contributed by atoms with van der Waals surface area (Å²) in [5.74, 6) is -0.347. The summed E-state index contributed by atoms with van der Waals surface area (Å²) in [6.07, 6.45) is -4.66. The first-order valence-corrected chi connectivity index (χ1v) is 10.8. The number of carbonyl (C=O) groups is 1. The van der Waals surface area contributed by atoms with Crippen LogP contribution in [0.2, 0.25) is 0 Å². The highest BCUT2D eigenvalue weighted by atomic mass is 19.4. The van der Waals surface area contributed by atoms with Crippen molar-refractivity contribution in [2.24, 2.45) is 0 Å². The standard InChI is InChI=1S/C25H18F3N5O3/c1-15-10-12-16(13-11-15)36-23-22-31-32(24(35)33(22)20-9-5-4-8-19(20)30-23)14-21(34)29-18-7-3-2-6-17(18)25(26,27)28/h2-13H,14H2,1H3,(H,29,34). The number of rotatable bonds is 5. The number of nitrogens with zero attached hydrogens (tertiary/aromatic N) is 4. The number of para-hydroxylation sites is 3. The van der Waals surface area contributed by atoms with Gasteiger partial charge in [-0.05, 0) is 43.3 Å². The smallest absolute Gasteiger partial charge is 0.418 e. The number of amides is 1. The van der Waals surface area contributed by atoms with E-state index in [2.05, 4.69) is 15.4 Å². The minimum Gasteiger partial charge on any atom is -0.436 e. The zero-order valence-corrected chi connectivity index (χ0v) is 18.8. The van der Waals surface area contributed by atoms with E-state index in [-0.39, 0.29) is 11.5 Å². The van der Waals surface area contributed by atoms with Gasteiger partial charge in [0.1, 0.15) is 12.3 Å². The maximum atomic E-state index is 13.3. The third kappa shape index (κ3) is 4.38. The van der Waals surface area contributed by atoms with Crippen LogP contribution in [-0.4, -0.2) is 25.1 Å². The summed E-state index contributed by atoms with van der Waals surface area (Å²) in [6.45, 7) is 1.31. The third-order valence-electron chi connectivity index (χ3n) is 5.41. The summed E-state index contributed by atoms with van der Waals surface area (Å²) in [4.78, 5) is 30.3. The first-order chi connectivity index (χ1) is 17.2. The molecule has 5 aromatic rings. The number of aryl methyl sites for hydroxylation is 1. The highest BCUT2D eigenvalue weighted by molar-refractivity contribution is 5.91. The molecule has 11 heteroatoms. The van der Waals surface area contributed by atoms with Gasteiger partial charge in [0.15, 0.2) is 0 Å². The maximum Gasteiger partial charge on any atom is 0.418 e. The number of fused-ring (bicyclic) bond motifs is 3. The van der Waals surface area contributed by atoms with E-state index < -0.39 is 35.6 Å². The van der Waals surface area contributed by atoms with Crippen molar-refractivity contribution in [3.05, 3.63) is 94.4 Å². The summed E-state index contributed by atoms with van der Waals surface area (Å²) in [7, 11) is 0. The molecule has 0 saturated carbocycles. The fourth-order valence-corrected chi connectivity index (χ4v) is 3.73. The summed E-state index contributed by atoms with van der Waals surface area (Å²) in [5.41, 5.74) is -0.107. The Bertz CT molecular complexity index is 1660. The first kappa shape index (κ1) is 23.1. The Morgan fingerprint density at radius 2 is 1.69 bits per heavy atom. The van der Waals surface area contributed by atoms with E-state index in [1.54, 1.807) is 36.4 Å². The second kappa shape index (κ2) is 8.84. The molecule has 0 saturated heterocycles. The number of hydrogen-bond acceptors (Lipinski definition) is 5. The Kier molecular flexibility index (Phi) is 5.67. The molecule has 0 aliphatic heterocycles. The number of alkyl halides is 3. The van der Waals surface area contributed by atoms with Gasteiger partial charge in [-0.2, -0.15) is 13.2 Å². The predicted molar refractivity (Wildman–Crippen MR) is 126 cm³/mol. The van der Waals surface area contributed by atoms with Crippen molar-refractivity contribution in [3.8, 4) is 11.6 Å². The summed E-state index contributed by atoms with van der Waals surface area (Å²) < 4.78 is 47.9. The van der Waals surface area contributed by atoms with Crippen LogP contribution < -0.4 is 15.7 Å². The van der Waals surface area contributed by atoms with Crippen molar-refractivity contribution in [1.82, 2.24) is 19.2 Å². The minimum absolute atomic E-state index is 0.0382. The SMILES string of the molecule is Cc1ccc(Oc2nc3ccccc3n3c(=O)n(CC(=O)Nc4ccccc4C(F)(F)F)nc23)cc1. The molecule has 0 aliphatic rings. The summed E-state index contributed by atoms with van der Waals surface area (Å²) in [5, 5.41) is 6.44. The van der Waals surface area contributed by atoms with Gasteiger partial charge in [-0.15, -0.1) is 5.10 Å². The highest BCUT2D eigenvalue weighted by Crippen LogP contribution is 2.34. The fraction of sp³-hybridized carbons (Fsp3) is 0.120. The van der Waals surface area contributed by atoms with Crippen LogP contribution in [0.4, 0.5) is 18.9 Å². The van der Waals surface area contributed by atoms with Crippen molar-refractivity contribution in [1.29, 1.82) is 0 Å². The van der Waals surface area contributed by atoms with Gasteiger partial charge in [0.25, 0.3) is 5.88 Å². The minimum atomic E-state index is -4.66. The van der Waals surface area contributed by atoms with Gasteiger partial charge >= 0.3 is 11.9 Å². The molecule has 1 amide bonds. The van der Waals surface area contributed by atoms with Crippen molar-refractivity contribution < 1.29 is 22.7 Å². The Morgan fingerprint density at radius 1 is 1.00 bits per heavy atom. The van der Waals surface area contributed by atoms with Gasteiger partial charge in [-0.3, -0.25) is 4.79 Å². The number of carbonyl (C=O) groups excluding carboxylic acids is 1. The largest absolute Gasteiger partial charge is 0.436 e. The Morgan fingerprint density at radius 3 is 2.44 bits per heavy atom. The van der Waals surface area contributed by atoms with Crippen LogP contribution in [0.25, 0.3) is 16.7 Å². The van der Waals surface area contributed by atoms with Crippen LogP contribution in [0, 0.1) is 6.92 Å². The van der Waals surface area contributed by atoms with Crippen LogP contribution in [0.1, 0.15) is 11.1 Å². The van der Waals surface area contributed by atoms with E-state index in [0.717, 1.165) is 22.4 Å². The van der Waals surface area contributed by atoms with E-state index in [1.165, 1.54) is 16.5 Å². The van der Waals surface area contributed by atoms with Gasteiger partial charge in [0.2, 0.25) is 11.6 Å². The lowest BCUT2D eigenvalue weighted by molar-refractivity contribution is -0.137. The molecule has 182 valence electrons. The van der Waals surface area contributed by atoms with E-state index in [0.29, 0.717) is 16.8 Å². The van der Waals surface area contributed by atoms with E-state index in [9.17, 15) is 22.8 Å². The Labute approximate surface area is 201 Å². The quantitative estimate of drug-likeness (QED) is 0.380. The number of ether oxygens (including phenoxy) is 1. The van der Waals surface area contributed by atoms with Crippen LogP contribution >= 0.6 is 0 Å². The topological polar surface area (TPSA) is 90.5 Å². The lowest BCUT2D eigenvalue weighted by atomic mass is 10.1. The van der Waals surface area contributed by atoms with Crippen LogP contribution in [-0.2, 0) is 17.5 Å². The summed E-state index contributed by atoms with van der Waals surface area (Å²) >= 11 is 0. The van der Waals surface area contributed by atoms with Gasteiger partial charge in [-0.1, -0.05) is 42.0 Å². The van der Waals surface area contributed by atoms with Gasteiger partial charge in [-0.25, -0.2) is 18.9 Å². The molecule has 2 heterocycles. The molecular weight excluding hydrogens is 475 g/mol. The molecule has 8 nitrogen and oxygen atoms in total. The molecule has 36 heavy (non-hydrogen) atoms. The number of aromatic nitrogens is 4. The molecular formula is C25H18F3N5O3. The average Bonchev–Trinajstić information content (AvgIpc) is 3.16. The van der Waals surface area contributed by atoms with Gasteiger partial charge < -0.3 is 10.1 Å². The van der Waals surface area contributed by atoms with Crippen molar-refractivity contribution in [3.63, 3.8) is 0 Å². The van der Waals surface area contributed by atoms with Crippen molar-refractivity contribution in [2.45, 2.75) is 19.6 Å². The lowest BCUT2D eigenvalue weighted by Gasteiger charge is -2.13. The zero-order valence-electron chi connectivity index (χ0n) is 18.8. The highest BCUT2D eigenvalue weighted by Gasteiger charge is 2.33. The number of hydrogen-bond donors (Lipinski definition) is 1. The van der Waals surface area contributed by atoms with E-state index >= 15 is 0 Å². The Balaban J connectivity index is 1.54. The number of anilines is 1. The zero-order chi connectivity index (χ0) is 25.4. The molecule has 3 aromatic carbocycles. The molecule has 1 N–H and O–H groups in total. The molecule has 0 atom stereocenters. The van der Waals surface area contributed by atoms with Crippen LogP contribution in [0.15, 0.2) is 77.6 Å². The van der Waals surface area contributed by atoms with Gasteiger partial charge in [0.05, 0.1) is 22.3 Å². The van der Waals surface area contributed by atoms with E-state index in [4.69, 9.17) is 4.74 Å². The average molecular weight is 493 g/mol. The van der Waals surface area contributed by atoms with E-state index in [1.807, 2.05) is 19.1 Å². The first-order valence-electron chi connectivity index (χ1n) is 10.8. The molecule has 5 rings (SSSR count). The maximum absolute atomic E-state index is 13.3. The van der Waals surface area contributed by atoms with Crippen molar-refractivity contribution in [2.75, 3.05) is 5.32 Å². The molecule has 0 bridgehead atoms. The second-order valence-electron chi connectivity index (χ2n) is 8.01. The molecule has 0 unspecified atom stereocenters. The van der Waals surface area contributed by atoms with Gasteiger partial charge in [0, 0.05) is 0 Å². The van der Waals surface area contributed by atoms with Crippen LogP contribution in [0.5, 0.6) is 11.6 Å². The lowest BCUT2D eigenvalue weighted by Crippen LogP contribution is -2.29. The fourth-order valence-electron chi connectivity index (χ4n) is 3.73. The van der Waals surface area contributed by atoms with Crippen LogP contribution in [0.3, 0.4) is 0 Å². The second-order valence-corrected chi connectivity index (χ2v) is 8.01. The third-order valence-corrected chi connectivity index (χ3v) is 5.41. The number of nitrogens with one attached hydrogen (secondary N) is 1. The Hall–Kier alpha value is -4.67. The molecule has 0 spiro atoms.